The van der Waals surface area contributed by atoms with Gasteiger partial charge in [0.2, 0.25) is 0 Å². The molecule has 18 heavy (non-hydrogen) atoms. The molecule has 0 saturated carbocycles. The first kappa shape index (κ1) is 11.4. The predicted molar refractivity (Wildman–Crippen MR) is 63.0 cm³/mol. The highest BCUT2D eigenvalue weighted by molar-refractivity contribution is 5.77. The second-order valence-electron chi connectivity index (χ2n) is 4.77. The zero-order valence-electron chi connectivity index (χ0n) is 10.3. The fourth-order valence-electron chi connectivity index (χ4n) is 2.60. The molecule has 1 aromatic heterocycles. The van der Waals surface area contributed by atoms with Gasteiger partial charge in [-0.25, -0.2) is 4.68 Å². The van der Waals surface area contributed by atoms with Gasteiger partial charge in [0.1, 0.15) is 6.04 Å². The lowest BCUT2D eigenvalue weighted by Crippen LogP contribution is -2.43. The summed E-state index contributed by atoms with van der Waals surface area (Å²) in [7, 11) is 1.66. The van der Waals surface area contributed by atoms with E-state index in [1.807, 2.05) is 0 Å². The van der Waals surface area contributed by atoms with Crippen molar-refractivity contribution >= 4 is 5.97 Å². The molecule has 96 valence electrons. The van der Waals surface area contributed by atoms with Crippen molar-refractivity contribution in [3.8, 4) is 0 Å². The van der Waals surface area contributed by atoms with Crippen molar-refractivity contribution in [2.75, 3.05) is 13.2 Å². The Balaban J connectivity index is 1.86. The molecule has 0 bridgehead atoms. The lowest BCUT2D eigenvalue weighted by atomic mass is 10.0. The van der Waals surface area contributed by atoms with E-state index in [2.05, 4.69) is 10.00 Å². The van der Waals surface area contributed by atoms with Gasteiger partial charge >= 0.3 is 5.97 Å². The monoisotopic (exact) mass is 249 g/mol. The minimum atomic E-state index is -0.151. The second-order valence-corrected chi connectivity index (χ2v) is 4.77. The van der Waals surface area contributed by atoms with Gasteiger partial charge < -0.3 is 4.74 Å². The molecule has 6 heteroatoms. The number of rotatable bonds is 1. The molecule has 1 fully saturated rings. The van der Waals surface area contributed by atoms with Crippen LogP contribution >= 0.6 is 0 Å². The Morgan fingerprint density at radius 2 is 2.28 bits per heavy atom. The molecule has 3 rings (SSSR count). The van der Waals surface area contributed by atoms with Gasteiger partial charge in [0, 0.05) is 39.0 Å². The summed E-state index contributed by atoms with van der Waals surface area (Å²) in [5.74, 6) is -0.143. The third-order valence-corrected chi connectivity index (χ3v) is 3.62. The third kappa shape index (κ3) is 1.82. The number of esters is 1. The number of carbonyl (C=O) groups excluding carboxylic acids is 1. The number of nitrogens with zero attached hydrogens (tertiary/aromatic N) is 3. The van der Waals surface area contributed by atoms with Gasteiger partial charge in [-0.15, -0.1) is 0 Å². The van der Waals surface area contributed by atoms with Gasteiger partial charge in [-0.05, 0) is 5.56 Å². The van der Waals surface area contributed by atoms with Crippen molar-refractivity contribution in [1.82, 2.24) is 14.7 Å². The van der Waals surface area contributed by atoms with E-state index in [4.69, 9.17) is 4.74 Å². The number of hydrogen-bond acceptors (Lipinski definition) is 5. The predicted octanol–water partition coefficient (Wildman–Crippen LogP) is -0.546. The normalized spacial score (nSPS) is 23.8. The Hall–Kier alpha value is -1.69. The Kier molecular flexibility index (Phi) is 2.66. The molecule has 1 aromatic rings. The zero-order chi connectivity index (χ0) is 12.7. The highest BCUT2D eigenvalue weighted by atomic mass is 16.5. The number of aryl methyl sites for hydroxylation is 1. The van der Waals surface area contributed by atoms with Crippen molar-refractivity contribution in [3.63, 3.8) is 0 Å². The SMILES string of the molecule is Cn1nc2c(cc1=O)CN([C@@H]1CCOC1=O)CC2. The third-order valence-electron chi connectivity index (χ3n) is 3.62. The van der Waals surface area contributed by atoms with Crippen LogP contribution in [0.5, 0.6) is 0 Å². The Labute approximate surface area is 104 Å². The van der Waals surface area contributed by atoms with Crippen LogP contribution in [0.25, 0.3) is 0 Å². The number of fused-ring (bicyclic) bond motifs is 1. The van der Waals surface area contributed by atoms with Crippen LogP contribution in [0, 0.1) is 0 Å². The van der Waals surface area contributed by atoms with Gasteiger partial charge in [-0.1, -0.05) is 0 Å². The minimum Gasteiger partial charge on any atom is -0.464 e. The van der Waals surface area contributed by atoms with Crippen LogP contribution in [0.4, 0.5) is 0 Å². The molecule has 0 spiro atoms. The lowest BCUT2D eigenvalue weighted by molar-refractivity contribution is -0.142. The molecule has 0 N–H and O–H groups in total. The Morgan fingerprint density at radius 1 is 1.44 bits per heavy atom. The van der Waals surface area contributed by atoms with Crippen molar-refractivity contribution in [1.29, 1.82) is 0 Å². The fourth-order valence-corrected chi connectivity index (χ4v) is 2.60. The molecule has 0 amide bonds. The van der Waals surface area contributed by atoms with Crippen molar-refractivity contribution < 1.29 is 9.53 Å². The van der Waals surface area contributed by atoms with Crippen LogP contribution < -0.4 is 5.56 Å². The summed E-state index contributed by atoms with van der Waals surface area (Å²) in [5.41, 5.74) is 1.79. The quantitative estimate of drug-likeness (QED) is 0.625. The van der Waals surface area contributed by atoms with Gasteiger partial charge in [0.15, 0.2) is 0 Å². The van der Waals surface area contributed by atoms with Gasteiger partial charge in [-0.2, -0.15) is 5.10 Å². The van der Waals surface area contributed by atoms with Gasteiger partial charge in [-0.3, -0.25) is 14.5 Å². The number of hydrogen-bond donors (Lipinski definition) is 0. The molecule has 0 aromatic carbocycles. The second kappa shape index (κ2) is 4.20. The summed E-state index contributed by atoms with van der Waals surface area (Å²) in [6.07, 6.45) is 1.51. The van der Waals surface area contributed by atoms with Crippen LogP contribution in [0.15, 0.2) is 10.9 Å². The summed E-state index contributed by atoms with van der Waals surface area (Å²) < 4.78 is 6.35. The molecule has 6 nitrogen and oxygen atoms in total. The first-order valence-electron chi connectivity index (χ1n) is 6.12. The number of cyclic esters (lactones) is 1. The molecule has 2 aliphatic rings. The summed E-state index contributed by atoms with van der Waals surface area (Å²) >= 11 is 0. The summed E-state index contributed by atoms with van der Waals surface area (Å²) in [4.78, 5) is 25.2. The first-order valence-corrected chi connectivity index (χ1v) is 6.12. The van der Waals surface area contributed by atoms with E-state index in [0.717, 1.165) is 30.6 Å². The maximum absolute atomic E-state index is 11.6. The molecule has 3 heterocycles. The van der Waals surface area contributed by atoms with Gasteiger partial charge in [0.05, 0.1) is 12.3 Å². The van der Waals surface area contributed by atoms with E-state index >= 15 is 0 Å². The maximum atomic E-state index is 11.6. The van der Waals surface area contributed by atoms with E-state index in [-0.39, 0.29) is 17.6 Å². The number of ether oxygens (including phenoxy) is 1. The van der Waals surface area contributed by atoms with Crippen molar-refractivity contribution in [3.05, 3.63) is 27.7 Å². The van der Waals surface area contributed by atoms with Crippen LogP contribution in [0.2, 0.25) is 0 Å². The van der Waals surface area contributed by atoms with Crippen molar-refractivity contribution in [2.24, 2.45) is 7.05 Å². The minimum absolute atomic E-state index is 0.107. The van der Waals surface area contributed by atoms with Crippen molar-refractivity contribution in [2.45, 2.75) is 25.4 Å². The summed E-state index contributed by atoms with van der Waals surface area (Å²) in [6, 6.07) is 1.47. The summed E-state index contributed by atoms with van der Waals surface area (Å²) in [5, 5.41) is 4.25. The lowest BCUT2D eigenvalue weighted by Gasteiger charge is -2.30. The Bertz CT molecular complexity index is 552. The smallest absolute Gasteiger partial charge is 0.323 e. The highest BCUT2D eigenvalue weighted by Gasteiger charge is 2.34. The maximum Gasteiger partial charge on any atom is 0.323 e. The molecule has 1 atom stereocenters. The molecule has 1 saturated heterocycles. The average molecular weight is 249 g/mol. The van der Waals surface area contributed by atoms with Crippen LogP contribution in [0.1, 0.15) is 17.7 Å². The van der Waals surface area contributed by atoms with E-state index in [1.165, 1.54) is 4.68 Å². The van der Waals surface area contributed by atoms with E-state index in [9.17, 15) is 9.59 Å². The molecular weight excluding hydrogens is 234 g/mol. The number of carbonyl (C=O) groups is 1. The van der Waals surface area contributed by atoms with E-state index in [0.29, 0.717) is 13.2 Å². The largest absolute Gasteiger partial charge is 0.464 e. The molecule has 0 aliphatic carbocycles. The molecule has 0 radical (unpaired) electrons. The zero-order valence-corrected chi connectivity index (χ0v) is 10.3. The summed E-state index contributed by atoms with van der Waals surface area (Å²) in [6.45, 7) is 1.90. The fraction of sp³-hybridized carbons (Fsp3) is 0.583. The molecule has 2 aliphatic heterocycles. The molecule has 0 unspecified atom stereocenters. The van der Waals surface area contributed by atoms with Crippen LogP contribution in [0.3, 0.4) is 0 Å². The van der Waals surface area contributed by atoms with Gasteiger partial charge in [0.25, 0.3) is 5.56 Å². The Morgan fingerprint density at radius 3 is 3.00 bits per heavy atom. The molecular formula is C12H15N3O3. The number of aromatic nitrogens is 2. The van der Waals surface area contributed by atoms with E-state index in [1.54, 1.807) is 13.1 Å². The average Bonchev–Trinajstić information content (AvgIpc) is 2.76. The standard InChI is InChI=1S/C12H15N3O3/c1-14-11(16)6-8-7-15(4-2-9(8)13-14)10-3-5-18-12(10)17/h6,10H,2-5,7H2,1H3/t10-/m1/s1. The highest BCUT2D eigenvalue weighted by Crippen LogP contribution is 2.22. The van der Waals surface area contributed by atoms with Crippen LogP contribution in [-0.2, 0) is 29.5 Å². The first-order chi connectivity index (χ1) is 8.65. The van der Waals surface area contributed by atoms with Crippen LogP contribution in [-0.4, -0.2) is 39.8 Å². The van der Waals surface area contributed by atoms with E-state index < -0.39 is 0 Å². The topological polar surface area (TPSA) is 64.4 Å².